The molecule has 10 heteroatoms. The lowest BCUT2D eigenvalue weighted by Crippen LogP contribution is -2.16. The first kappa shape index (κ1) is 20.6. The summed E-state index contributed by atoms with van der Waals surface area (Å²) in [6.07, 6.45) is 0. The number of aromatic hydroxyl groups is 1. The molecule has 2 aromatic carbocycles. The first-order chi connectivity index (χ1) is 12.5. The fraction of sp³-hybridized carbons (Fsp3) is 0.176. The van der Waals surface area contributed by atoms with E-state index in [-0.39, 0.29) is 21.4 Å². The van der Waals surface area contributed by atoms with Crippen molar-refractivity contribution in [3.63, 3.8) is 0 Å². The van der Waals surface area contributed by atoms with E-state index in [1.165, 1.54) is 24.0 Å². The number of nitrogens with one attached hydrogen (secondary N) is 1. The summed E-state index contributed by atoms with van der Waals surface area (Å²) in [5.74, 6) is -1.94. The van der Waals surface area contributed by atoms with Gasteiger partial charge in [-0.1, -0.05) is 0 Å². The number of carbonyl (C=O) groups excluding carboxylic acids is 1. The van der Waals surface area contributed by atoms with Crippen LogP contribution in [0.2, 0.25) is 0 Å². The molecule has 0 unspecified atom stereocenters. The van der Waals surface area contributed by atoms with E-state index in [4.69, 9.17) is 5.11 Å². The Bertz CT molecular complexity index is 985. The Hall–Kier alpha value is -2.72. The maximum absolute atomic E-state index is 12.6. The lowest BCUT2D eigenvalue weighted by molar-refractivity contribution is 0.0693. The second-order valence-corrected chi connectivity index (χ2v) is 8.51. The van der Waals surface area contributed by atoms with Crippen molar-refractivity contribution < 1.29 is 28.2 Å². The van der Waals surface area contributed by atoms with Crippen LogP contribution in [0, 0.1) is 6.92 Å². The summed E-state index contributed by atoms with van der Waals surface area (Å²) in [5.41, 5.74) is -0.0512. The highest BCUT2D eigenvalue weighted by atomic mass is 32.2. The predicted octanol–water partition coefficient (Wildman–Crippen LogP) is 2.97. The molecule has 0 bridgehead atoms. The number of rotatable bonds is 5. The van der Waals surface area contributed by atoms with Crippen LogP contribution in [0.3, 0.4) is 0 Å². The molecule has 3 N–H and O–H groups in total. The van der Waals surface area contributed by atoms with Gasteiger partial charge in [0, 0.05) is 24.7 Å². The molecule has 0 radical (unpaired) electrons. The number of carbonyl (C=O) groups is 2. The maximum Gasteiger partial charge on any atom is 0.339 e. The van der Waals surface area contributed by atoms with Gasteiger partial charge in [-0.15, -0.1) is 0 Å². The van der Waals surface area contributed by atoms with E-state index in [1.807, 2.05) is 0 Å². The summed E-state index contributed by atoms with van der Waals surface area (Å²) in [6, 6.07) is 8.18. The molecule has 0 aliphatic rings. The molecular weight excluding hydrogens is 392 g/mol. The highest BCUT2D eigenvalue weighted by molar-refractivity contribution is 8.13. The van der Waals surface area contributed by atoms with Gasteiger partial charge < -0.3 is 15.1 Å². The van der Waals surface area contributed by atoms with Gasteiger partial charge in [-0.2, -0.15) is 0 Å². The van der Waals surface area contributed by atoms with Crippen molar-refractivity contribution in [2.24, 2.45) is 0 Å². The van der Waals surface area contributed by atoms with Crippen molar-refractivity contribution in [2.45, 2.75) is 16.7 Å². The Balaban J connectivity index is 2.28. The van der Waals surface area contributed by atoms with Crippen molar-refractivity contribution in [2.75, 3.05) is 18.8 Å². The third-order valence-electron chi connectivity index (χ3n) is 3.49. The number of thioether (sulfide) groups is 1. The number of amides is 1. The van der Waals surface area contributed by atoms with Crippen molar-refractivity contribution in [1.82, 2.24) is 4.90 Å². The Morgan fingerprint density at radius 3 is 2.22 bits per heavy atom. The smallest absolute Gasteiger partial charge is 0.339 e. The van der Waals surface area contributed by atoms with Crippen molar-refractivity contribution in [3.05, 3.63) is 47.5 Å². The van der Waals surface area contributed by atoms with Gasteiger partial charge in [0.1, 0.15) is 11.3 Å². The van der Waals surface area contributed by atoms with Crippen LogP contribution >= 0.6 is 11.8 Å². The maximum atomic E-state index is 12.6. The summed E-state index contributed by atoms with van der Waals surface area (Å²) in [5, 5.41) is 18.6. The Kier molecular flexibility index (Phi) is 6.01. The number of hydrogen-bond acceptors (Lipinski definition) is 6. The number of hydrogen-bond donors (Lipinski definition) is 3. The van der Waals surface area contributed by atoms with Crippen LogP contribution in [0.15, 0.2) is 46.2 Å². The average Bonchev–Trinajstić information content (AvgIpc) is 2.55. The molecule has 8 nitrogen and oxygen atoms in total. The van der Waals surface area contributed by atoms with Crippen molar-refractivity contribution in [1.29, 1.82) is 0 Å². The van der Waals surface area contributed by atoms with Crippen LogP contribution in [0.5, 0.6) is 5.75 Å². The molecule has 0 saturated carbocycles. The number of aromatic carboxylic acids is 1. The van der Waals surface area contributed by atoms with E-state index in [2.05, 4.69) is 4.72 Å². The van der Waals surface area contributed by atoms with Crippen LogP contribution in [-0.2, 0) is 10.0 Å². The minimum atomic E-state index is -4.07. The quantitative estimate of drug-likeness (QED) is 0.647. The average molecular weight is 410 g/mol. The molecule has 1 amide bonds. The number of anilines is 1. The highest BCUT2D eigenvalue weighted by Crippen LogP contribution is 2.28. The van der Waals surface area contributed by atoms with E-state index in [1.54, 1.807) is 26.2 Å². The number of carboxylic acid groups (broad SMARTS) is 1. The number of benzene rings is 2. The standard InChI is InChI=1S/C17H18N2O6S2/c1-10-8-14(20)13(16(21)22)9-15(10)27(24,25)18-11-4-6-12(7-5-11)26-17(23)19(2)3/h4-9,18,20H,1-3H3,(H,21,22). The first-order valence-corrected chi connectivity index (χ1v) is 9.90. The zero-order valence-corrected chi connectivity index (χ0v) is 16.4. The largest absolute Gasteiger partial charge is 0.507 e. The Labute approximate surface area is 160 Å². The summed E-state index contributed by atoms with van der Waals surface area (Å²) in [4.78, 5) is 24.6. The van der Waals surface area contributed by atoms with Gasteiger partial charge >= 0.3 is 5.97 Å². The second-order valence-electron chi connectivity index (χ2n) is 5.83. The number of nitrogens with zero attached hydrogens (tertiary/aromatic N) is 1. The molecule has 144 valence electrons. The lowest BCUT2D eigenvalue weighted by atomic mass is 10.1. The van der Waals surface area contributed by atoms with Crippen LogP contribution in [0.4, 0.5) is 10.5 Å². The van der Waals surface area contributed by atoms with E-state index in [0.29, 0.717) is 4.90 Å². The number of phenols is 1. The molecule has 27 heavy (non-hydrogen) atoms. The highest BCUT2D eigenvalue weighted by Gasteiger charge is 2.22. The molecular formula is C17H18N2O6S2. The molecule has 0 saturated heterocycles. The topological polar surface area (TPSA) is 124 Å². The Morgan fingerprint density at radius 1 is 1.11 bits per heavy atom. The van der Waals surface area contributed by atoms with Gasteiger partial charge in [0.25, 0.3) is 15.3 Å². The monoisotopic (exact) mass is 410 g/mol. The van der Waals surface area contributed by atoms with Gasteiger partial charge in [-0.3, -0.25) is 9.52 Å². The van der Waals surface area contributed by atoms with Gasteiger partial charge in [0.05, 0.1) is 4.90 Å². The van der Waals surface area contributed by atoms with E-state index in [9.17, 15) is 23.1 Å². The van der Waals surface area contributed by atoms with Crippen LogP contribution in [-0.4, -0.2) is 48.8 Å². The summed E-state index contributed by atoms with van der Waals surface area (Å²) < 4.78 is 27.6. The van der Waals surface area contributed by atoms with E-state index >= 15 is 0 Å². The first-order valence-electron chi connectivity index (χ1n) is 7.60. The number of carboxylic acids is 1. The van der Waals surface area contributed by atoms with Gasteiger partial charge in [0.2, 0.25) is 0 Å². The van der Waals surface area contributed by atoms with Gasteiger partial charge in [-0.05, 0) is 60.6 Å². The lowest BCUT2D eigenvalue weighted by Gasteiger charge is -2.13. The van der Waals surface area contributed by atoms with Crippen LogP contribution in [0.25, 0.3) is 0 Å². The third-order valence-corrected chi connectivity index (χ3v) is 6.06. The van der Waals surface area contributed by atoms with Gasteiger partial charge in [-0.25, -0.2) is 13.2 Å². The minimum absolute atomic E-state index is 0.163. The fourth-order valence-corrected chi connectivity index (χ4v) is 4.10. The molecule has 0 aromatic heterocycles. The molecule has 0 spiro atoms. The summed E-state index contributed by atoms with van der Waals surface area (Å²) in [6.45, 7) is 1.45. The fourth-order valence-electron chi connectivity index (χ4n) is 2.13. The van der Waals surface area contributed by atoms with E-state index < -0.39 is 27.3 Å². The van der Waals surface area contributed by atoms with Crippen molar-refractivity contribution in [3.8, 4) is 5.75 Å². The summed E-state index contributed by atoms with van der Waals surface area (Å²) in [7, 11) is -0.816. The van der Waals surface area contributed by atoms with E-state index in [0.717, 1.165) is 23.9 Å². The zero-order valence-electron chi connectivity index (χ0n) is 14.8. The molecule has 0 aliphatic heterocycles. The zero-order chi connectivity index (χ0) is 20.4. The van der Waals surface area contributed by atoms with Crippen molar-refractivity contribution >= 4 is 38.7 Å². The second kappa shape index (κ2) is 7.89. The molecule has 2 aromatic rings. The van der Waals surface area contributed by atoms with Gasteiger partial charge in [0.15, 0.2) is 0 Å². The molecule has 0 aliphatic carbocycles. The number of aryl methyl sites for hydroxylation is 1. The normalized spacial score (nSPS) is 11.1. The predicted molar refractivity (Wildman–Crippen MR) is 102 cm³/mol. The summed E-state index contributed by atoms with van der Waals surface area (Å²) >= 11 is 1.00. The molecule has 0 atom stereocenters. The van der Waals surface area contributed by atoms with Crippen LogP contribution in [0.1, 0.15) is 15.9 Å². The number of sulfonamides is 1. The molecule has 0 fully saturated rings. The molecule has 0 heterocycles. The minimum Gasteiger partial charge on any atom is -0.507 e. The third kappa shape index (κ3) is 4.92. The Morgan fingerprint density at radius 2 is 1.70 bits per heavy atom. The van der Waals surface area contributed by atoms with Crippen LogP contribution < -0.4 is 4.72 Å². The molecule has 2 rings (SSSR count). The SMILES string of the molecule is Cc1cc(O)c(C(=O)O)cc1S(=O)(=O)Nc1ccc(SC(=O)N(C)C)cc1.